The first-order valence-corrected chi connectivity index (χ1v) is 4.80. The summed E-state index contributed by atoms with van der Waals surface area (Å²) in [5.74, 6) is 0.134. The third kappa shape index (κ3) is 1.11. The van der Waals surface area contributed by atoms with Gasteiger partial charge in [0.2, 0.25) is 0 Å². The van der Waals surface area contributed by atoms with Crippen molar-refractivity contribution >= 4 is 5.78 Å². The van der Waals surface area contributed by atoms with Crippen molar-refractivity contribution in [2.45, 2.75) is 25.9 Å². The zero-order chi connectivity index (χ0) is 10.3. The fourth-order valence-corrected chi connectivity index (χ4v) is 1.96. The molecule has 1 unspecified atom stereocenters. The van der Waals surface area contributed by atoms with E-state index in [1.54, 1.807) is 6.08 Å². The molecule has 0 aromatic rings. The van der Waals surface area contributed by atoms with Gasteiger partial charge >= 0.3 is 0 Å². The molecule has 1 saturated heterocycles. The van der Waals surface area contributed by atoms with Crippen LogP contribution in [0.2, 0.25) is 0 Å². The maximum atomic E-state index is 12.0. The molecular weight excluding hydrogens is 176 g/mol. The monoisotopic (exact) mass is 190 g/mol. The first kappa shape index (κ1) is 9.41. The number of rotatable bonds is 2. The fourth-order valence-electron chi connectivity index (χ4n) is 1.96. The molecule has 2 heteroatoms. The van der Waals surface area contributed by atoms with E-state index in [-0.39, 0.29) is 5.78 Å². The zero-order valence-corrected chi connectivity index (χ0v) is 8.59. The molecule has 1 heterocycles. The van der Waals surface area contributed by atoms with E-state index in [1.165, 1.54) is 0 Å². The predicted octanol–water partition coefficient (Wildman–Crippen LogP) is 2.18. The van der Waals surface area contributed by atoms with Crippen LogP contribution in [0.15, 0.2) is 35.5 Å². The van der Waals surface area contributed by atoms with Gasteiger partial charge in [-0.3, -0.25) is 4.79 Å². The van der Waals surface area contributed by atoms with Gasteiger partial charge in [0.15, 0.2) is 11.4 Å². The van der Waals surface area contributed by atoms with Crippen molar-refractivity contribution in [3.63, 3.8) is 0 Å². The van der Waals surface area contributed by atoms with E-state index in [2.05, 4.69) is 6.58 Å². The average molecular weight is 190 g/mol. The van der Waals surface area contributed by atoms with Gasteiger partial charge in [-0.25, -0.2) is 0 Å². The summed E-state index contributed by atoms with van der Waals surface area (Å²) in [5, 5.41) is 0. The summed E-state index contributed by atoms with van der Waals surface area (Å²) >= 11 is 0. The van der Waals surface area contributed by atoms with E-state index in [1.807, 2.05) is 19.9 Å². The Bertz CT molecular complexity index is 368. The van der Waals surface area contributed by atoms with E-state index < -0.39 is 5.60 Å². The zero-order valence-electron chi connectivity index (χ0n) is 8.59. The second kappa shape index (κ2) is 2.92. The Morgan fingerprint density at radius 1 is 1.64 bits per heavy atom. The van der Waals surface area contributed by atoms with Crippen molar-refractivity contribution in [2.75, 3.05) is 6.61 Å². The summed E-state index contributed by atoms with van der Waals surface area (Å²) in [5.41, 5.74) is 2.35. The SMILES string of the molecule is C=CCC1=C(C)C=C(C)C2(CO2)C1=O. The maximum Gasteiger partial charge on any atom is 0.197 e. The van der Waals surface area contributed by atoms with E-state index >= 15 is 0 Å². The number of carbonyl (C=O) groups excluding carboxylic acids is 1. The van der Waals surface area contributed by atoms with Gasteiger partial charge in [0.05, 0.1) is 6.61 Å². The number of hydrogen-bond donors (Lipinski definition) is 0. The smallest absolute Gasteiger partial charge is 0.197 e. The molecule has 0 bridgehead atoms. The quantitative estimate of drug-likeness (QED) is 0.493. The summed E-state index contributed by atoms with van der Waals surface area (Å²) in [6, 6.07) is 0. The Kier molecular flexibility index (Phi) is 1.96. The summed E-state index contributed by atoms with van der Waals surface area (Å²) < 4.78 is 5.30. The second-order valence-electron chi connectivity index (χ2n) is 3.93. The number of epoxide rings is 1. The van der Waals surface area contributed by atoms with Crippen molar-refractivity contribution in [3.05, 3.63) is 35.5 Å². The fraction of sp³-hybridized carbons (Fsp3) is 0.417. The van der Waals surface area contributed by atoms with Crippen LogP contribution in [0.4, 0.5) is 0 Å². The first-order chi connectivity index (χ1) is 6.62. The minimum atomic E-state index is -0.585. The van der Waals surface area contributed by atoms with Crippen LogP contribution in [-0.4, -0.2) is 18.0 Å². The number of allylic oxidation sites excluding steroid dienone is 3. The van der Waals surface area contributed by atoms with Gasteiger partial charge in [-0.15, -0.1) is 6.58 Å². The number of ketones is 1. The van der Waals surface area contributed by atoms with Crippen molar-refractivity contribution in [3.8, 4) is 0 Å². The van der Waals surface area contributed by atoms with Gasteiger partial charge in [-0.2, -0.15) is 0 Å². The van der Waals surface area contributed by atoms with Gasteiger partial charge < -0.3 is 4.74 Å². The van der Waals surface area contributed by atoms with Crippen LogP contribution < -0.4 is 0 Å². The standard InChI is InChI=1S/C12H14O2/c1-4-5-10-8(2)6-9(3)12(7-14-12)11(10)13/h4,6H,1,5,7H2,2-3H3. The number of hydrogen-bond acceptors (Lipinski definition) is 2. The molecule has 74 valence electrons. The molecule has 1 spiro atoms. The number of ether oxygens (including phenoxy) is 1. The Morgan fingerprint density at radius 2 is 2.29 bits per heavy atom. The van der Waals surface area contributed by atoms with E-state index in [0.29, 0.717) is 13.0 Å². The van der Waals surface area contributed by atoms with Gasteiger partial charge in [0.1, 0.15) is 0 Å². The number of carbonyl (C=O) groups is 1. The molecule has 0 N–H and O–H groups in total. The van der Waals surface area contributed by atoms with Crippen LogP contribution >= 0.6 is 0 Å². The van der Waals surface area contributed by atoms with Crippen LogP contribution in [0.25, 0.3) is 0 Å². The highest BCUT2D eigenvalue weighted by Crippen LogP contribution is 2.42. The highest BCUT2D eigenvalue weighted by molar-refractivity contribution is 6.08. The summed E-state index contributed by atoms with van der Waals surface area (Å²) in [6.45, 7) is 8.13. The third-order valence-corrected chi connectivity index (χ3v) is 2.97. The molecule has 0 aromatic carbocycles. The first-order valence-electron chi connectivity index (χ1n) is 4.80. The Balaban J connectivity index is 2.43. The van der Waals surface area contributed by atoms with Gasteiger partial charge in [0, 0.05) is 5.57 Å². The lowest BCUT2D eigenvalue weighted by atomic mass is 9.82. The Labute approximate surface area is 83.9 Å². The Hall–Kier alpha value is -1.15. The van der Waals surface area contributed by atoms with Crippen LogP contribution in [0, 0.1) is 0 Å². The van der Waals surface area contributed by atoms with E-state index in [0.717, 1.165) is 16.7 Å². The molecular formula is C12H14O2. The topological polar surface area (TPSA) is 29.6 Å². The van der Waals surface area contributed by atoms with Crippen molar-refractivity contribution < 1.29 is 9.53 Å². The second-order valence-corrected chi connectivity index (χ2v) is 3.93. The molecule has 1 fully saturated rings. The highest BCUT2D eigenvalue weighted by atomic mass is 16.6. The lowest BCUT2D eigenvalue weighted by Crippen LogP contribution is -2.31. The lowest BCUT2D eigenvalue weighted by molar-refractivity contribution is -0.119. The maximum absolute atomic E-state index is 12.0. The minimum Gasteiger partial charge on any atom is -0.356 e. The largest absolute Gasteiger partial charge is 0.356 e. The lowest BCUT2D eigenvalue weighted by Gasteiger charge is -2.20. The molecule has 1 atom stereocenters. The molecule has 0 radical (unpaired) electrons. The summed E-state index contributed by atoms with van der Waals surface area (Å²) in [6.07, 6.45) is 4.45. The molecule has 2 rings (SSSR count). The van der Waals surface area contributed by atoms with Crippen LogP contribution in [-0.2, 0) is 9.53 Å². The Morgan fingerprint density at radius 3 is 2.79 bits per heavy atom. The molecule has 14 heavy (non-hydrogen) atoms. The minimum absolute atomic E-state index is 0.134. The molecule has 0 amide bonds. The third-order valence-electron chi connectivity index (χ3n) is 2.97. The van der Waals surface area contributed by atoms with Gasteiger partial charge in [-0.1, -0.05) is 12.2 Å². The summed E-state index contributed by atoms with van der Waals surface area (Å²) in [7, 11) is 0. The number of Topliss-reactive ketones (excluding diaryl/α,β-unsaturated/α-hetero) is 1. The molecule has 2 aliphatic rings. The van der Waals surface area contributed by atoms with Crippen LogP contribution in [0.5, 0.6) is 0 Å². The molecule has 2 nitrogen and oxygen atoms in total. The van der Waals surface area contributed by atoms with Gasteiger partial charge in [-0.05, 0) is 31.4 Å². The van der Waals surface area contributed by atoms with E-state index in [4.69, 9.17) is 4.74 Å². The highest BCUT2D eigenvalue weighted by Gasteiger charge is 2.55. The van der Waals surface area contributed by atoms with Crippen molar-refractivity contribution in [2.24, 2.45) is 0 Å². The average Bonchev–Trinajstić information content (AvgIpc) is 2.91. The van der Waals surface area contributed by atoms with Crippen LogP contribution in [0.3, 0.4) is 0 Å². The summed E-state index contributed by atoms with van der Waals surface area (Å²) in [4.78, 5) is 12.0. The molecule has 0 saturated carbocycles. The normalized spacial score (nSPS) is 30.7. The van der Waals surface area contributed by atoms with Crippen molar-refractivity contribution in [1.82, 2.24) is 0 Å². The molecule has 1 aliphatic carbocycles. The molecule has 0 aromatic heterocycles. The van der Waals surface area contributed by atoms with Crippen molar-refractivity contribution in [1.29, 1.82) is 0 Å². The molecule has 1 aliphatic heterocycles. The van der Waals surface area contributed by atoms with Gasteiger partial charge in [0.25, 0.3) is 0 Å². The van der Waals surface area contributed by atoms with E-state index in [9.17, 15) is 4.79 Å². The van der Waals surface area contributed by atoms with Crippen LogP contribution in [0.1, 0.15) is 20.3 Å². The predicted molar refractivity (Wildman–Crippen MR) is 55.0 cm³/mol.